The number of aliphatic hydroxyl groups is 1. The minimum absolute atomic E-state index is 0.0437. The van der Waals surface area contributed by atoms with E-state index in [-0.39, 0.29) is 24.0 Å². The largest absolute Gasteiger partial charge is 0.396 e. The van der Waals surface area contributed by atoms with Crippen molar-refractivity contribution in [3.05, 3.63) is 22.2 Å². The van der Waals surface area contributed by atoms with Gasteiger partial charge in [0.05, 0.1) is 4.92 Å². The Hall–Kier alpha value is -1.89. The summed E-state index contributed by atoms with van der Waals surface area (Å²) in [6.45, 7) is 2.69. The molecule has 0 bridgehead atoms. The fourth-order valence-electron chi connectivity index (χ4n) is 1.74. The molecule has 1 atom stereocenters. The van der Waals surface area contributed by atoms with Crippen molar-refractivity contribution in [3.8, 4) is 0 Å². The number of hydrogen-bond acceptors (Lipinski definition) is 6. The van der Waals surface area contributed by atoms with Gasteiger partial charge in [0, 0.05) is 26.3 Å². The van der Waals surface area contributed by atoms with E-state index < -0.39 is 4.92 Å². The molecular weight excluding hydrogens is 248 g/mol. The summed E-state index contributed by atoms with van der Waals surface area (Å²) < 4.78 is 0. The second-order valence-electron chi connectivity index (χ2n) is 4.24. The van der Waals surface area contributed by atoms with E-state index in [0.29, 0.717) is 18.8 Å². The normalized spacial score (nSPS) is 11.9. The third-order valence-electron chi connectivity index (χ3n) is 3.00. The molecule has 1 aromatic heterocycles. The van der Waals surface area contributed by atoms with Gasteiger partial charge in [0.15, 0.2) is 0 Å². The van der Waals surface area contributed by atoms with Crippen molar-refractivity contribution < 1.29 is 10.0 Å². The summed E-state index contributed by atoms with van der Waals surface area (Å²) in [5.74, 6) is 1.10. The van der Waals surface area contributed by atoms with Crippen LogP contribution in [0.2, 0.25) is 0 Å². The van der Waals surface area contributed by atoms with Crippen LogP contribution in [0.25, 0.3) is 0 Å². The van der Waals surface area contributed by atoms with Gasteiger partial charge in [-0.2, -0.15) is 0 Å². The highest BCUT2D eigenvalue weighted by molar-refractivity contribution is 5.60. The van der Waals surface area contributed by atoms with Gasteiger partial charge in [0.1, 0.15) is 5.82 Å². The smallest absolute Gasteiger partial charge is 0.311 e. The van der Waals surface area contributed by atoms with Crippen molar-refractivity contribution in [2.75, 3.05) is 30.8 Å². The maximum absolute atomic E-state index is 10.9. The van der Waals surface area contributed by atoms with Crippen LogP contribution in [0.4, 0.5) is 17.3 Å². The second kappa shape index (κ2) is 7.52. The highest BCUT2D eigenvalue weighted by Gasteiger charge is 2.16. The Morgan fingerprint density at radius 2 is 2.26 bits per heavy atom. The molecule has 0 aliphatic carbocycles. The van der Waals surface area contributed by atoms with Gasteiger partial charge in [-0.3, -0.25) is 10.1 Å². The molecule has 1 aromatic rings. The number of nitro groups is 1. The van der Waals surface area contributed by atoms with E-state index in [1.807, 2.05) is 6.92 Å². The molecule has 0 aliphatic rings. The van der Waals surface area contributed by atoms with E-state index in [1.165, 1.54) is 6.07 Å². The number of anilines is 2. The summed E-state index contributed by atoms with van der Waals surface area (Å²) >= 11 is 0. The van der Waals surface area contributed by atoms with Crippen molar-refractivity contribution in [1.29, 1.82) is 0 Å². The Kier molecular flexibility index (Phi) is 6.01. The topological polar surface area (TPSA) is 100 Å². The van der Waals surface area contributed by atoms with Crippen molar-refractivity contribution in [2.45, 2.75) is 19.8 Å². The molecule has 19 heavy (non-hydrogen) atoms. The molecule has 0 amide bonds. The summed E-state index contributed by atoms with van der Waals surface area (Å²) in [6, 6.07) is 2.99. The SMILES string of the molecule is CCC(CCO)CNc1nc(NC)ccc1[N+](=O)[O-]. The quantitative estimate of drug-likeness (QED) is 0.491. The summed E-state index contributed by atoms with van der Waals surface area (Å²) in [4.78, 5) is 14.6. The molecule has 7 nitrogen and oxygen atoms in total. The average Bonchev–Trinajstić information content (AvgIpc) is 2.42. The molecule has 0 saturated heterocycles. The van der Waals surface area contributed by atoms with Gasteiger partial charge < -0.3 is 15.7 Å². The Morgan fingerprint density at radius 3 is 2.79 bits per heavy atom. The first-order valence-corrected chi connectivity index (χ1v) is 6.30. The monoisotopic (exact) mass is 268 g/mol. The van der Waals surface area contributed by atoms with Crippen LogP contribution in [-0.2, 0) is 0 Å². The van der Waals surface area contributed by atoms with Gasteiger partial charge in [-0.1, -0.05) is 13.3 Å². The summed E-state index contributed by atoms with van der Waals surface area (Å²) in [7, 11) is 1.71. The average molecular weight is 268 g/mol. The molecule has 3 N–H and O–H groups in total. The van der Waals surface area contributed by atoms with Gasteiger partial charge in [-0.25, -0.2) is 4.98 Å². The van der Waals surface area contributed by atoms with Crippen LogP contribution in [-0.4, -0.2) is 35.2 Å². The molecule has 0 fully saturated rings. The minimum Gasteiger partial charge on any atom is -0.396 e. The number of nitrogens with zero attached hydrogens (tertiary/aromatic N) is 2. The van der Waals surface area contributed by atoms with E-state index >= 15 is 0 Å². The lowest BCUT2D eigenvalue weighted by Crippen LogP contribution is -2.16. The van der Waals surface area contributed by atoms with Crippen LogP contribution >= 0.6 is 0 Å². The second-order valence-corrected chi connectivity index (χ2v) is 4.24. The van der Waals surface area contributed by atoms with Gasteiger partial charge in [-0.05, 0) is 18.4 Å². The minimum atomic E-state index is -0.457. The predicted octanol–water partition coefficient (Wildman–Crippen LogP) is 1.85. The maximum Gasteiger partial charge on any atom is 0.311 e. The lowest BCUT2D eigenvalue weighted by molar-refractivity contribution is -0.384. The molecule has 0 aliphatic heterocycles. The van der Waals surface area contributed by atoms with Crippen LogP contribution in [0, 0.1) is 16.0 Å². The van der Waals surface area contributed by atoms with Crippen molar-refractivity contribution in [3.63, 3.8) is 0 Å². The zero-order valence-electron chi connectivity index (χ0n) is 11.2. The summed E-state index contributed by atoms with van der Waals surface area (Å²) in [6.07, 6.45) is 1.57. The Bertz CT molecular complexity index is 425. The lowest BCUT2D eigenvalue weighted by atomic mass is 10.0. The Morgan fingerprint density at radius 1 is 1.53 bits per heavy atom. The lowest BCUT2D eigenvalue weighted by Gasteiger charge is -2.15. The van der Waals surface area contributed by atoms with Gasteiger partial charge in [0.25, 0.3) is 0 Å². The van der Waals surface area contributed by atoms with E-state index in [1.54, 1.807) is 13.1 Å². The fourth-order valence-corrected chi connectivity index (χ4v) is 1.74. The molecule has 0 radical (unpaired) electrons. The predicted molar refractivity (Wildman–Crippen MR) is 74.4 cm³/mol. The molecule has 1 heterocycles. The van der Waals surface area contributed by atoms with E-state index in [4.69, 9.17) is 5.11 Å². The highest BCUT2D eigenvalue weighted by Crippen LogP contribution is 2.24. The van der Waals surface area contributed by atoms with E-state index in [2.05, 4.69) is 15.6 Å². The molecule has 0 saturated carbocycles. The first-order valence-electron chi connectivity index (χ1n) is 6.30. The number of rotatable bonds is 8. The van der Waals surface area contributed by atoms with Crippen molar-refractivity contribution in [2.24, 2.45) is 5.92 Å². The summed E-state index contributed by atoms with van der Waals surface area (Å²) in [5.41, 5.74) is -0.0437. The number of pyridine rings is 1. The first-order chi connectivity index (χ1) is 9.12. The first kappa shape index (κ1) is 15.2. The number of nitrogens with one attached hydrogen (secondary N) is 2. The van der Waals surface area contributed by atoms with Crippen LogP contribution in [0.5, 0.6) is 0 Å². The Labute approximate surface area is 112 Å². The van der Waals surface area contributed by atoms with Crippen LogP contribution < -0.4 is 10.6 Å². The maximum atomic E-state index is 10.9. The third kappa shape index (κ3) is 4.36. The van der Waals surface area contributed by atoms with E-state index in [0.717, 1.165) is 6.42 Å². The molecule has 0 aromatic carbocycles. The third-order valence-corrected chi connectivity index (χ3v) is 3.00. The van der Waals surface area contributed by atoms with E-state index in [9.17, 15) is 10.1 Å². The standard InChI is InChI=1S/C12H20N4O3/c1-3-9(6-7-17)8-14-12-10(16(18)19)4-5-11(13-2)15-12/h4-5,9,17H,3,6-8H2,1-2H3,(H2,13,14,15). The van der Waals surface area contributed by atoms with Crippen molar-refractivity contribution >= 4 is 17.3 Å². The summed E-state index contributed by atoms with van der Waals surface area (Å²) in [5, 5.41) is 25.7. The van der Waals surface area contributed by atoms with Crippen LogP contribution in [0.15, 0.2) is 12.1 Å². The number of aromatic nitrogens is 1. The zero-order chi connectivity index (χ0) is 14.3. The molecule has 106 valence electrons. The molecule has 1 unspecified atom stereocenters. The molecule has 1 rings (SSSR count). The van der Waals surface area contributed by atoms with Gasteiger partial charge in [0.2, 0.25) is 5.82 Å². The van der Waals surface area contributed by atoms with Gasteiger partial charge >= 0.3 is 5.69 Å². The fraction of sp³-hybridized carbons (Fsp3) is 0.583. The zero-order valence-corrected chi connectivity index (χ0v) is 11.2. The van der Waals surface area contributed by atoms with Crippen molar-refractivity contribution in [1.82, 2.24) is 4.98 Å². The molecular formula is C12H20N4O3. The molecule has 0 spiro atoms. The van der Waals surface area contributed by atoms with Crippen LogP contribution in [0.3, 0.4) is 0 Å². The highest BCUT2D eigenvalue weighted by atomic mass is 16.6. The molecule has 7 heteroatoms. The van der Waals surface area contributed by atoms with Gasteiger partial charge in [-0.15, -0.1) is 0 Å². The number of hydrogen-bond donors (Lipinski definition) is 3. The van der Waals surface area contributed by atoms with Crippen LogP contribution in [0.1, 0.15) is 19.8 Å². The number of aliphatic hydroxyl groups excluding tert-OH is 1. The Balaban J connectivity index is 2.82.